The van der Waals surface area contributed by atoms with Gasteiger partial charge in [-0.2, -0.15) is 0 Å². The summed E-state index contributed by atoms with van der Waals surface area (Å²) in [4.78, 5) is 9.74. The summed E-state index contributed by atoms with van der Waals surface area (Å²) in [6.45, 7) is -0.455. The van der Waals surface area contributed by atoms with Gasteiger partial charge < -0.3 is 15.3 Å². The third kappa shape index (κ3) is 4.99. The molecule has 0 amide bonds. The van der Waals surface area contributed by atoms with Crippen molar-refractivity contribution in [1.29, 1.82) is 0 Å². The Morgan fingerprint density at radius 3 is 2.56 bits per heavy atom. The second kappa shape index (κ2) is 4.05. The van der Waals surface area contributed by atoms with E-state index in [1.165, 1.54) is 0 Å². The van der Waals surface area contributed by atoms with E-state index in [-0.39, 0.29) is 0 Å². The number of aliphatic hydroxyl groups is 2. The molecule has 0 aromatic carbocycles. The van der Waals surface area contributed by atoms with Gasteiger partial charge in [-0.15, -0.1) is 0 Å². The minimum absolute atomic E-state index is 0.455. The SMILES string of the molecule is O=C(O)C=CC(O)CO. The van der Waals surface area contributed by atoms with E-state index in [1.807, 2.05) is 0 Å². The number of carboxylic acids is 1. The topological polar surface area (TPSA) is 77.8 Å². The molecule has 0 aliphatic heterocycles. The minimum atomic E-state index is -1.14. The van der Waals surface area contributed by atoms with Crippen LogP contribution in [0.3, 0.4) is 0 Å². The molecule has 4 nitrogen and oxygen atoms in total. The maximum Gasteiger partial charge on any atom is 0.328 e. The first-order valence-electron chi connectivity index (χ1n) is 2.37. The van der Waals surface area contributed by atoms with E-state index in [0.717, 1.165) is 12.2 Å². The summed E-state index contributed by atoms with van der Waals surface area (Å²) in [5.74, 6) is -1.14. The molecule has 0 bridgehead atoms. The molecule has 0 aliphatic rings. The van der Waals surface area contributed by atoms with E-state index in [4.69, 9.17) is 15.3 Å². The molecular formula is C5H8O4. The van der Waals surface area contributed by atoms with Gasteiger partial charge in [0.25, 0.3) is 0 Å². The zero-order valence-electron chi connectivity index (χ0n) is 4.69. The summed E-state index contributed by atoms with van der Waals surface area (Å²) in [6.07, 6.45) is 0.713. The third-order valence-corrected chi connectivity index (χ3v) is 0.648. The lowest BCUT2D eigenvalue weighted by Crippen LogP contribution is -2.08. The monoisotopic (exact) mass is 132 g/mol. The van der Waals surface area contributed by atoms with Crippen molar-refractivity contribution >= 4 is 5.97 Å². The maximum absolute atomic E-state index is 9.74. The Morgan fingerprint density at radius 1 is 1.67 bits per heavy atom. The average molecular weight is 132 g/mol. The van der Waals surface area contributed by atoms with Crippen LogP contribution in [0, 0.1) is 0 Å². The number of carboxylic acid groups (broad SMARTS) is 1. The summed E-state index contributed by atoms with van der Waals surface area (Å²) in [6, 6.07) is 0. The highest BCUT2D eigenvalue weighted by molar-refractivity contribution is 5.79. The maximum atomic E-state index is 9.74. The average Bonchev–Trinajstić information content (AvgIpc) is 1.83. The predicted molar refractivity (Wildman–Crippen MR) is 29.9 cm³/mol. The van der Waals surface area contributed by atoms with Crippen LogP contribution in [-0.4, -0.2) is 34.0 Å². The fourth-order valence-corrected chi connectivity index (χ4v) is 0.254. The molecule has 52 valence electrons. The molecule has 3 N–H and O–H groups in total. The molecule has 0 aliphatic carbocycles. The number of hydrogen-bond acceptors (Lipinski definition) is 3. The number of aliphatic hydroxyl groups excluding tert-OH is 2. The number of rotatable bonds is 3. The molecule has 9 heavy (non-hydrogen) atoms. The number of hydrogen-bond donors (Lipinski definition) is 3. The van der Waals surface area contributed by atoms with Crippen molar-refractivity contribution in [3.05, 3.63) is 12.2 Å². The highest BCUT2D eigenvalue weighted by atomic mass is 16.4. The van der Waals surface area contributed by atoms with Gasteiger partial charge in [-0.3, -0.25) is 0 Å². The largest absolute Gasteiger partial charge is 0.478 e. The Balaban J connectivity index is 3.56. The van der Waals surface area contributed by atoms with Crippen molar-refractivity contribution in [3.63, 3.8) is 0 Å². The van der Waals surface area contributed by atoms with Crippen LogP contribution in [-0.2, 0) is 4.79 Å². The summed E-state index contributed by atoms with van der Waals surface area (Å²) < 4.78 is 0. The van der Waals surface area contributed by atoms with Gasteiger partial charge in [0.05, 0.1) is 12.7 Å². The zero-order chi connectivity index (χ0) is 7.28. The highest BCUT2D eigenvalue weighted by Crippen LogP contribution is 1.82. The van der Waals surface area contributed by atoms with Gasteiger partial charge in [-0.25, -0.2) is 4.79 Å². The summed E-state index contributed by atoms with van der Waals surface area (Å²) in [7, 11) is 0. The molecule has 0 fully saturated rings. The Bertz CT molecular complexity index is 118. The molecular weight excluding hydrogens is 124 g/mol. The van der Waals surface area contributed by atoms with Gasteiger partial charge in [-0.05, 0) is 6.08 Å². The second-order valence-corrected chi connectivity index (χ2v) is 1.45. The first-order chi connectivity index (χ1) is 4.16. The van der Waals surface area contributed by atoms with E-state index in [1.54, 1.807) is 0 Å². The van der Waals surface area contributed by atoms with Crippen LogP contribution in [0.15, 0.2) is 12.2 Å². The Labute approximate surface area is 52.1 Å². The summed E-state index contributed by atoms with van der Waals surface area (Å²) in [5, 5.41) is 24.6. The lowest BCUT2D eigenvalue weighted by Gasteiger charge is -1.95. The molecule has 4 heteroatoms. The van der Waals surface area contributed by atoms with Crippen LogP contribution in [0.25, 0.3) is 0 Å². The Kier molecular flexibility index (Phi) is 3.66. The molecule has 0 rings (SSSR count). The predicted octanol–water partition coefficient (Wildman–Crippen LogP) is -1.02. The van der Waals surface area contributed by atoms with Crippen molar-refractivity contribution < 1.29 is 20.1 Å². The van der Waals surface area contributed by atoms with E-state index >= 15 is 0 Å². The number of carbonyl (C=O) groups is 1. The van der Waals surface area contributed by atoms with E-state index in [0.29, 0.717) is 0 Å². The lowest BCUT2D eigenvalue weighted by atomic mass is 10.3. The quantitative estimate of drug-likeness (QED) is 0.429. The molecule has 0 saturated carbocycles. The van der Waals surface area contributed by atoms with Crippen molar-refractivity contribution in [2.75, 3.05) is 6.61 Å². The fourth-order valence-electron chi connectivity index (χ4n) is 0.254. The molecule has 0 aromatic heterocycles. The molecule has 1 atom stereocenters. The Hall–Kier alpha value is -0.870. The van der Waals surface area contributed by atoms with Gasteiger partial charge in [0.15, 0.2) is 0 Å². The molecule has 0 spiro atoms. The summed E-state index contributed by atoms with van der Waals surface area (Å²) >= 11 is 0. The summed E-state index contributed by atoms with van der Waals surface area (Å²) in [5.41, 5.74) is 0. The molecule has 0 radical (unpaired) electrons. The fraction of sp³-hybridized carbons (Fsp3) is 0.400. The lowest BCUT2D eigenvalue weighted by molar-refractivity contribution is -0.131. The normalized spacial score (nSPS) is 14.0. The van der Waals surface area contributed by atoms with E-state index in [9.17, 15) is 4.79 Å². The molecule has 0 aromatic rings. The molecule has 0 saturated heterocycles. The second-order valence-electron chi connectivity index (χ2n) is 1.45. The van der Waals surface area contributed by atoms with Crippen LogP contribution in [0.2, 0.25) is 0 Å². The zero-order valence-corrected chi connectivity index (χ0v) is 4.69. The standard InChI is InChI=1S/C5H8O4/c6-3-4(7)1-2-5(8)9/h1-2,4,6-7H,3H2,(H,8,9). The first kappa shape index (κ1) is 8.13. The van der Waals surface area contributed by atoms with Gasteiger partial charge in [0, 0.05) is 6.08 Å². The van der Waals surface area contributed by atoms with Crippen molar-refractivity contribution in [3.8, 4) is 0 Å². The molecule has 0 heterocycles. The van der Waals surface area contributed by atoms with Crippen LogP contribution >= 0.6 is 0 Å². The third-order valence-electron chi connectivity index (χ3n) is 0.648. The van der Waals surface area contributed by atoms with Gasteiger partial charge in [-0.1, -0.05) is 0 Å². The van der Waals surface area contributed by atoms with E-state index < -0.39 is 18.7 Å². The van der Waals surface area contributed by atoms with Crippen molar-refractivity contribution in [2.24, 2.45) is 0 Å². The van der Waals surface area contributed by atoms with Crippen LogP contribution in [0.5, 0.6) is 0 Å². The van der Waals surface area contributed by atoms with Crippen molar-refractivity contribution in [1.82, 2.24) is 0 Å². The van der Waals surface area contributed by atoms with E-state index in [2.05, 4.69) is 0 Å². The van der Waals surface area contributed by atoms with Gasteiger partial charge in [0.2, 0.25) is 0 Å². The smallest absolute Gasteiger partial charge is 0.328 e. The molecule has 1 unspecified atom stereocenters. The first-order valence-corrected chi connectivity index (χ1v) is 2.37. The van der Waals surface area contributed by atoms with Crippen LogP contribution in [0.1, 0.15) is 0 Å². The van der Waals surface area contributed by atoms with Gasteiger partial charge >= 0.3 is 5.97 Å². The Morgan fingerprint density at radius 2 is 2.22 bits per heavy atom. The number of aliphatic carboxylic acids is 1. The van der Waals surface area contributed by atoms with Crippen LogP contribution < -0.4 is 0 Å². The van der Waals surface area contributed by atoms with Crippen LogP contribution in [0.4, 0.5) is 0 Å². The van der Waals surface area contributed by atoms with Gasteiger partial charge in [0.1, 0.15) is 0 Å². The highest BCUT2D eigenvalue weighted by Gasteiger charge is 1.94. The minimum Gasteiger partial charge on any atom is -0.478 e. The van der Waals surface area contributed by atoms with Crippen molar-refractivity contribution in [2.45, 2.75) is 6.10 Å².